The second-order valence-electron chi connectivity index (χ2n) is 10.4. The van der Waals surface area contributed by atoms with E-state index in [1.54, 1.807) is 0 Å². The molecule has 3 nitrogen and oxygen atoms in total. The largest absolute Gasteiger partial charge is 0.308 e. The number of aromatic nitrogens is 1. The van der Waals surface area contributed by atoms with Crippen molar-refractivity contribution in [3.8, 4) is 23.3 Å². The van der Waals surface area contributed by atoms with Crippen molar-refractivity contribution in [1.82, 2.24) is 4.40 Å². The van der Waals surface area contributed by atoms with Crippen LogP contribution in [0.2, 0.25) is 0 Å². The molecule has 0 aliphatic heterocycles. The van der Waals surface area contributed by atoms with Crippen LogP contribution in [0.4, 0.5) is 0 Å². The fourth-order valence-corrected chi connectivity index (χ4v) is 6.74. The van der Waals surface area contributed by atoms with Gasteiger partial charge in [0.25, 0.3) is 0 Å². The van der Waals surface area contributed by atoms with Crippen molar-refractivity contribution in [3.63, 3.8) is 0 Å². The van der Waals surface area contributed by atoms with Gasteiger partial charge in [-0.2, -0.15) is 10.5 Å². The van der Waals surface area contributed by atoms with Gasteiger partial charge in [-0.1, -0.05) is 62.4 Å². The van der Waals surface area contributed by atoms with Gasteiger partial charge < -0.3 is 4.40 Å². The molecule has 7 aromatic rings. The number of rotatable bonds is 0. The molecule has 0 unspecified atom stereocenters. The molecular weight excluding hydrogens is 438 g/mol. The van der Waals surface area contributed by atoms with E-state index in [1.165, 1.54) is 43.8 Å². The first-order valence-corrected chi connectivity index (χ1v) is 12.2. The third kappa shape index (κ3) is 2.09. The van der Waals surface area contributed by atoms with Gasteiger partial charge in [0.2, 0.25) is 0 Å². The van der Waals surface area contributed by atoms with Gasteiger partial charge in [-0.05, 0) is 63.4 Å². The lowest BCUT2D eigenvalue weighted by molar-refractivity contribution is 0.647. The molecule has 0 radical (unpaired) electrons. The van der Waals surface area contributed by atoms with Crippen LogP contribution in [-0.2, 0) is 5.41 Å². The predicted octanol–water partition coefficient (Wildman–Crippen LogP) is 8.04. The zero-order valence-corrected chi connectivity index (χ0v) is 19.8. The summed E-state index contributed by atoms with van der Waals surface area (Å²) in [5, 5.41) is 26.6. The molecule has 166 valence electrons. The van der Waals surface area contributed by atoms with Crippen molar-refractivity contribution in [2.24, 2.45) is 0 Å². The lowest BCUT2D eigenvalue weighted by atomic mass is 9.67. The number of nitrogens with zero attached hydrogens (tertiary/aromatic N) is 3. The summed E-state index contributed by atoms with van der Waals surface area (Å²) in [6.45, 7) is 4.66. The number of nitriles is 2. The van der Waals surface area contributed by atoms with E-state index in [9.17, 15) is 10.5 Å². The molecule has 2 aromatic heterocycles. The second-order valence-corrected chi connectivity index (χ2v) is 10.4. The van der Waals surface area contributed by atoms with Crippen molar-refractivity contribution in [2.45, 2.75) is 19.3 Å². The molecule has 0 saturated heterocycles. The molecule has 0 N–H and O–H groups in total. The van der Waals surface area contributed by atoms with Gasteiger partial charge in [-0.15, -0.1) is 0 Å². The van der Waals surface area contributed by atoms with Crippen molar-refractivity contribution in [2.75, 3.05) is 0 Å². The Balaban J connectivity index is 1.72. The highest BCUT2D eigenvalue weighted by Gasteiger charge is 2.36. The first kappa shape index (κ1) is 19.4. The highest BCUT2D eigenvalue weighted by Crippen LogP contribution is 2.54. The Bertz CT molecular complexity index is 2190. The maximum atomic E-state index is 9.70. The van der Waals surface area contributed by atoms with Gasteiger partial charge >= 0.3 is 0 Å². The molecule has 0 saturated carbocycles. The molecule has 0 atom stereocenters. The lowest BCUT2D eigenvalue weighted by Gasteiger charge is -2.35. The van der Waals surface area contributed by atoms with Crippen LogP contribution in [0.3, 0.4) is 0 Å². The van der Waals surface area contributed by atoms with Crippen LogP contribution in [0.1, 0.15) is 36.1 Å². The molecule has 5 aromatic carbocycles. The van der Waals surface area contributed by atoms with Crippen molar-refractivity contribution in [1.29, 1.82) is 10.5 Å². The van der Waals surface area contributed by atoms with Crippen molar-refractivity contribution in [3.05, 3.63) is 101 Å². The van der Waals surface area contributed by atoms with E-state index in [1.807, 2.05) is 24.3 Å². The maximum Gasteiger partial charge on any atom is 0.0992 e. The number of benzene rings is 5. The standard InChI is InChI=1S/C33H19N3/c1-33(2)25-8-4-6-20-5-3-7-23(29(20)25)30-26(33)15-24-21-11-9-18(16-34)13-27(21)36-28-14-19(17-35)10-12-22(28)31(30)32(24)36/h3-15H,1-2H3. The molecule has 0 spiro atoms. The summed E-state index contributed by atoms with van der Waals surface area (Å²) in [4.78, 5) is 0. The summed E-state index contributed by atoms with van der Waals surface area (Å²) >= 11 is 0. The van der Waals surface area contributed by atoms with Gasteiger partial charge in [0.05, 0.1) is 39.8 Å². The Labute approximate surface area is 207 Å². The Morgan fingerprint density at radius 3 is 2.06 bits per heavy atom. The zero-order valence-electron chi connectivity index (χ0n) is 19.8. The Morgan fingerprint density at radius 1 is 0.667 bits per heavy atom. The minimum Gasteiger partial charge on any atom is -0.308 e. The van der Waals surface area contributed by atoms with Gasteiger partial charge in [-0.3, -0.25) is 0 Å². The van der Waals surface area contributed by atoms with Gasteiger partial charge in [-0.25, -0.2) is 0 Å². The molecule has 0 fully saturated rings. The van der Waals surface area contributed by atoms with E-state index in [4.69, 9.17) is 0 Å². The summed E-state index contributed by atoms with van der Waals surface area (Å²) in [6.07, 6.45) is 0. The first-order chi connectivity index (χ1) is 17.5. The van der Waals surface area contributed by atoms with E-state index in [0.29, 0.717) is 11.1 Å². The molecule has 1 aliphatic carbocycles. The molecule has 8 rings (SSSR count). The van der Waals surface area contributed by atoms with E-state index < -0.39 is 0 Å². The number of hydrogen-bond acceptors (Lipinski definition) is 2. The topological polar surface area (TPSA) is 52.0 Å². The fourth-order valence-electron chi connectivity index (χ4n) is 6.74. The minimum atomic E-state index is -0.190. The van der Waals surface area contributed by atoms with Crippen molar-refractivity contribution >= 4 is 48.9 Å². The molecule has 2 heterocycles. The summed E-state index contributed by atoms with van der Waals surface area (Å²) < 4.78 is 2.27. The Morgan fingerprint density at radius 2 is 1.33 bits per heavy atom. The fraction of sp³-hybridized carbons (Fsp3) is 0.0909. The van der Waals surface area contributed by atoms with Gasteiger partial charge in [0, 0.05) is 27.0 Å². The molecule has 0 amide bonds. The predicted molar refractivity (Wildman–Crippen MR) is 146 cm³/mol. The molecule has 1 aliphatic rings. The van der Waals surface area contributed by atoms with Gasteiger partial charge in [0.1, 0.15) is 0 Å². The zero-order chi connectivity index (χ0) is 24.3. The van der Waals surface area contributed by atoms with Crippen LogP contribution in [0.15, 0.2) is 78.9 Å². The molecule has 0 bridgehead atoms. The van der Waals surface area contributed by atoms with E-state index in [0.717, 1.165) is 27.3 Å². The SMILES string of the molecule is CC1(C)c2cc3c4ccc(C#N)cc4n4c5cc(C#N)ccc5c(c2-c2cccc5cccc1c25)c34. The summed E-state index contributed by atoms with van der Waals surface area (Å²) in [6, 6.07) is 32.2. The van der Waals surface area contributed by atoms with Crippen molar-refractivity contribution < 1.29 is 0 Å². The molecule has 3 heteroatoms. The van der Waals surface area contributed by atoms with Crippen LogP contribution >= 0.6 is 0 Å². The highest BCUT2D eigenvalue weighted by atomic mass is 14.9. The minimum absolute atomic E-state index is 0.190. The van der Waals surface area contributed by atoms with E-state index in [-0.39, 0.29) is 5.41 Å². The van der Waals surface area contributed by atoms with Crippen LogP contribution in [0.5, 0.6) is 0 Å². The lowest BCUT2D eigenvalue weighted by Crippen LogP contribution is -2.23. The average Bonchev–Trinajstić information content (AvgIpc) is 3.42. The summed E-state index contributed by atoms with van der Waals surface area (Å²) in [7, 11) is 0. The van der Waals surface area contributed by atoms with E-state index in [2.05, 4.69) is 85.0 Å². The third-order valence-electron chi connectivity index (χ3n) is 8.34. The molecular formula is C33H19N3. The van der Waals surface area contributed by atoms with Gasteiger partial charge in [0.15, 0.2) is 0 Å². The normalized spacial score (nSPS) is 14.0. The van der Waals surface area contributed by atoms with Crippen LogP contribution in [0, 0.1) is 22.7 Å². The Hall–Kier alpha value is -4.86. The quantitative estimate of drug-likeness (QED) is 0.231. The van der Waals surface area contributed by atoms with Crippen LogP contribution < -0.4 is 0 Å². The first-order valence-electron chi connectivity index (χ1n) is 12.2. The highest BCUT2D eigenvalue weighted by molar-refractivity contribution is 6.29. The number of hydrogen-bond donors (Lipinski definition) is 0. The number of fused-ring (bicyclic) bond motifs is 9. The van der Waals surface area contributed by atoms with Crippen LogP contribution in [0.25, 0.3) is 60.0 Å². The second kappa shape index (κ2) is 6.22. The smallest absolute Gasteiger partial charge is 0.0992 e. The maximum absolute atomic E-state index is 9.70. The average molecular weight is 458 g/mol. The van der Waals surface area contributed by atoms with E-state index >= 15 is 0 Å². The summed E-state index contributed by atoms with van der Waals surface area (Å²) in [5.74, 6) is 0. The Kier molecular flexibility index (Phi) is 3.36. The van der Waals surface area contributed by atoms with Crippen LogP contribution in [-0.4, -0.2) is 4.40 Å². The summed E-state index contributed by atoms with van der Waals surface area (Å²) in [5.41, 5.74) is 9.47. The molecule has 36 heavy (non-hydrogen) atoms. The third-order valence-corrected chi connectivity index (χ3v) is 8.34. The monoisotopic (exact) mass is 457 g/mol.